The quantitative estimate of drug-likeness (QED) is 0.445. The number of carbonyl (C=O) groups excluding carboxylic acids is 2. The lowest BCUT2D eigenvalue weighted by Gasteiger charge is -2.26. The summed E-state index contributed by atoms with van der Waals surface area (Å²) in [6.45, 7) is 3.30. The zero-order valence-electron chi connectivity index (χ0n) is 18.8. The van der Waals surface area contributed by atoms with Gasteiger partial charge < -0.3 is 29.7 Å². The molecule has 178 valence electrons. The SMILES string of the molecule is CCN(CCN(CCNCC(=O)O)C(=O)OCc1ccccc1)C(=O)OCc1ccccc1. The van der Waals surface area contributed by atoms with Crippen molar-refractivity contribution in [2.45, 2.75) is 20.1 Å². The van der Waals surface area contributed by atoms with Gasteiger partial charge in [0.25, 0.3) is 0 Å². The van der Waals surface area contributed by atoms with Crippen molar-refractivity contribution in [1.82, 2.24) is 15.1 Å². The maximum atomic E-state index is 12.7. The Labute approximate surface area is 193 Å². The number of rotatable bonds is 13. The van der Waals surface area contributed by atoms with Crippen molar-refractivity contribution in [3.05, 3.63) is 71.8 Å². The number of carbonyl (C=O) groups is 3. The normalized spacial score (nSPS) is 10.3. The van der Waals surface area contributed by atoms with Crippen LogP contribution in [0.2, 0.25) is 0 Å². The van der Waals surface area contributed by atoms with Crippen molar-refractivity contribution >= 4 is 18.2 Å². The van der Waals surface area contributed by atoms with Crippen LogP contribution in [0.3, 0.4) is 0 Å². The van der Waals surface area contributed by atoms with Crippen LogP contribution >= 0.6 is 0 Å². The summed E-state index contributed by atoms with van der Waals surface area (Å²) in [6, 6.07) is 18.7. The number of aliphatic carboxylic acids is 1. The van der Waals surface area contributed by atoms with Gasteiger partial charge in [-0.2, -0.15) is 0 Å². The Bertz CT molecular complexity index is 863. The molecule has 9 heteroatoms. The monoisotopic (exact) mass is 457 g/mol. The predicted octanol–water partition coefficient (Wildman–Crippen LogP) is 2.96. The van der Waals surface area contributed by atoms with Crippen LogP contribution in [-0.2, 0) is 27.5 Å². The Morgan fingerprint density at radius 1 is 0.788 bits per heavy atom. The van der Waals surface area contributed by atoms with Crippen molar-refractivity contribution in [3.63, 3.8) is 0 Å². The molecule has 0 saturated heterocycles. The number of nitrogens with one attached hydrogen (secondary N) is 1. The number of carboxylic acids is 1. The lowest BCUT2D eigenvalue weighted by Crippen LogP contribution is -2.44. The number of nitrogens with zero attached hydrogens (tertiary/aromatic N) is 2. The molecular weight excluding hydrogens is 426 g/mol. The van der Waals surface area contributed by atoms with E-state index in [1.807, 2.05) is 67.6 Å². The van der Waals surface area contributed by atoms with E-state index in [1.165, 1.54) is 9.80 Å². The van der Waals surface area contributed by atoms with E-state index in [0.717, 1.165) is 11.1 Å². The minimum Gasteiger partial charge on any atom is -0.480 e. The highest BCUT2D eigenvalue weighted by molar-refractivity contribution is 5.69. The van der Waals surface area contributed by atoms with Gasteiger partial charge in [0.1, 0.15) is 13.2 Å². The lowest BCUT2D eigenvalue weighted by atomic mass is 10.2. The van der Waals surface area contributed by atoms with E-state index in [9.17, 15) is 14.4 Å². The van der Waals surface area contributed by atoms with E-state index in [4.69, 9.17) is 14.6 Å². The molecule has 2 amide bonds. The first-order valence-corrected chi connectivity index (χ1v) is 10.8. The van der Waals surface area contributed by atoms with Gasteiger partial charge >= 0.3 is 18.2 Å². The molecule has 9 nitrogen and oxygen atoms in total. The van der Waals surface area contributed by atoms with E-state index in [-0.39, 0.29) is 45.9 Å². The smallest absolute Gasteiger partial charge is 0.410 e. The highest BCUT2D eigenvalue weighted by atomic mass is 16.6. The number of amides is 2. The third-order valence-electron chi connectivity index (χ3n) is 4.78. The molecule has 0 aliphatic heterocycles. The topological polar surface area (TPSA) is 108 Å². The summed E-state index contributed by atoms with van der Waals surface area (Å²) < 4.78 is 10.8. The van der Waals surface area contributed by atoms with E-state index >= 15 is 0 Å². The predicted molar refractivity (Wildman–Crippen MR) is 123 cm³/mol. The van der Waals surface area contributed by atoms with Gasteiger partial charge in [-0.1, -0.05) is 60.7 Å². The van der Waals surface area contributed by atoms with Gasteiger partial charge in [-0.3, -0.25) is 4.79 Å². The van der Waals surface area contributed by atoms with Crippen LogP contribution in [0.4, 0.5) is 9.59 Å². The zero-order valence-corrected chi connectivity index (χ0v) is 18.8. The molecule has 0 aromatic heterocycles. The van der Waals surface area contributed by atoms with Crippen LogP contribution in [0.1, 0.15) is 18.1 Å². The second kappa shape index (κ2) is 14.5. The van der Waals surface area contributed by atoms with Crippen LogP contribution in [0.25, 0.3) is 0 Å². The van der Waals surface area contributed by atoms with Gasteiger partial charge in [-0.05, 0) is 18.1 Å². The average Bonchev–Trinajstić information content (AvgIpc) is 2.84. The first-order chi connectivity index (χ1) is 16.0. The van der Waals surface area contributed by atoms with Gasteiger partial charge in [-0.25, -0.2) is 9.59 Å². The second-order valence-electron chi connectivity index (χ2n) is 7.22. The van der Waals surface area contributed by atoms with E-state index in [0.29, 0.717) is 6.54 Å². The number of benzene rings is 2. The van der Waals surface area contributed by atoms with Gasteiger partial charge in [0.15, 0.2) is 0 Å². The van der Waals surface area contributed by atoms with E-state index in [1.54, 1.807) is 0 Å². The maximum absolute atomic E-state index is 12.7. The van der Waals surface area contributed by atoms with Crippen LogP contribution < -0.4 is 5.32 Å². The lowest BCUT2D eigenvalue weighted by molar-refractivity contribution is -0.135. The number of ether oxygens (including phenoxy) is 2. The van der Waals surface area contributed by atoms with E-state index < -0.39 is 18.2 Å². The summed E-state index contributed by atoms with van der Waals surface area (Å²) in [4.78, 5) is 38.8. The fourth-order valence-electron chi connectivity index (χ4n) is 2.94. The molecule has 2 rings (SSSR count). The van der Waals surface area contributed by atoms with Crippen molar-refractivity contribution < 1.29 is 29.0 Å². The minimum absolute atomic E-state index is 0.120. The molecular formula is C24H31N3O6. The molecule has 0 saturated carbocycles. The van der Waals surface area contributed by atoms with Gasteiger partial charge in [0.2, 0.25) is 0 Å². The van der Waals surface area contributed by atoms with Crippen LogP contribution in [-0.4, -0.2) is 72.3 Å². The second-order valence-corrected chi connectivity index (χ2v) is 7.22. The zero-order chi connectivity index (χ0) is 23.9. The molecule has 2 aromatic carbocycles. The van der Waals surface area contributed by atoms with Crippen LogP contribution in [0.15, 0.2) is 60.7 Å². The fourth-order valence-corrected chi connectivity index (χ4v) is 2.94. The number of hydrogen-bond donors (Lipinski definition) is 2. The molecule has 0 bridgehead atoms. The third-order valence-corrected chi connectivity index (χ3v) is 4.78. The Morgan fingerprint density at radius 3 is 1.76 bits per heavy atom. The molecule has 0 unspecified atom stereocenters. The highest BCUT2D eigenvalue weighted by Gasteiger charge is 2.19. The molecule has 0 aliphatic carbocycles. The third kappa shape index (κ3) is 10.0. The summed E-state index contributed by atoms with van der Waals surface area (Å²) in [5, 5.41) is 11.5. The van der Waals surface area contributed by atoms with Crippen molar-refractivity contribution in [1.29, 1.82) is 0 Å². The molecule has 2 N–H and O–H groups in total. The van der Waals surface area contributed by atoms with Crippen LogP contribution in [0, 0.1) is 0 Å². The fraction of sp³-hybridized carbons (Fsp3) is 0.375. The van der Waals surface area contributed by atoms with Crippen molar-refractivity contribution in [2.24, 2.45) is 0 Å². The molecule has 0 heterocycles. The molecule has 0 radical (unpaired) electrons. The van der Waals surface area contributed by atoms with E-state index in [2.05, 4.69) is 5.32 Å². The average molecular weight is 458 g/mol. The summed E-state index contributed by atoms with van der Waals surface area (Å²) in [7, 11) is 0. The molecule has 0 fully saturated rings. The maximum Gasteiger partial charge on any atom is 0.410 e. The van der Waals surface area contributed by atoms with Crippen LogP contribution in [0.5, 0.6) is 0 Å². The molecule has 2 aromatic rings. The molecule has 0 atom stereocenters. The number of likely N-dealkylation sites (N-methyl/N-ethyl adjacent to an activating group) is 1. The largest absolute Gasteiger partial charge is 0.480 e. The summed E-state index contributed by atoms with van der Waals surface area (Å²) in [5.74, 6) is -0.980. The Hall–Kier alpha value is -3.59. The van der Waals surface area contributed by atoms with Gasteiger partial charge in [0.05, 0.1) is 6.54 Å². The van der Waals surface area contributed by atoms with Crippen molar-refractivity contribution in [3.8, 4) is 0 Å². The summed E-state index contributed by atoms with van der Waals surface area (Å²) >= 11 is 0. The molecule has 0 spiro atoms. The standard InChI is InChI=1S/C24H31N3O6/c1-2-26(23(30)32-18-20-9-5-3-6-10-20)15-16-27(14-13-25-17-22(28)29)24(31)33-19-21-11-7-4-8-12-21/h3-12,25H,2,13-19H2,1H3,(H,28,29). The molecule has 0 aliphatic rings. The Balaban J connectivity index is 1.89. The number of hydrogen-bond acceptors (Lipinski definition) is 6. The summed E-state index contributed by atoms with van der Waals surface area (Å²) in [6.07, 6.45) is -1.01. The summed E-state index contributed by atoms with van der Waals surface area (Å²) in [5.41, 5.74) is 1.74. The van der Waals surface area contributed by atoms with Gasteiger partial charge in [-0.15, -0.1) is 0 Å². The first kappa shape index (κ1) is 25.7. The molecule has 33 heavy (non-hydrogen) atoms. The Morgan fingerprint density at radius 2 is 1.27 bits per heavy atom. The highest BCUT2D eigenvalue weighted by Crippen LogP contribution is 2.06. The van der Waals surface area contributed by atoms with Gasteiger partial charge in [0, 0.05) is 32.7 Å². The minimum atomic E-state index is -0.980. The first-order valence-electron chi connectivity index (χ1n) is 10.8. The Kier molecular flexibility index (Phi) is 11.3. The van der Waals surface area contributed by atoms with Crippen molar-refractivity contribution in [2.75, 3.05) is 39.3 Å². The number of carboxylic acid groups (broad SMARTS) is 1.